The molecule has 1 aliphatic heterocycles. The Bertz CT molecular complexity index is 1750. The topological polar surface area (TPSA) is 178 Å². The molecule has 2 aromatic heterocycles. The standard InChI is InChI=1S/C39H54FN4O9P/c1-4-6-7-8-9-10-11-12-13-14-15-16-21-49-25-32(50-24-31-18-17-30(23-41)22-33(31)40)26-51-54(47,48)52-27-35-37(45)38(46)39(5-2,53-35)36-20-19-34-29(3)42-28-43-44(34)36/h2,17-20,22,28,32,35,37-38,45-46H,4,6-16,21,24-27H2,1,3H3,(H,47,48)/t32-,35-,37-,38-,39+/m1/s1. The molecule has 6 atom stereocenters. The number of phosphoric acid groups is 1. The molecule has 1 unspecified atom stereocenters. The van der Waals surface area contributed by atoms with Crippen molar-refractivity contribution in [2.24, 2.45) is 0 Å². The number of nitrogens with zero attached hydrogens (tertiary/aromatic N) is 4. The number of nitriles is 1. The zero-order valence-electron chi connectivity index (χ0n) is 31.3. The molecule has 3 N–H and O–H groups in total. The molecule has 0 bridgehead atoms. The lowest BCUT2D eigenvalue weighted by atomic mass is 9.92. The fourth-order valence-corrected chi connectivity index (χ4v) is 7.19. The van der Waals surface area contributed by atoms with Crippen molar-refractivity contribution in [3.05, 3.63) is 65.0 Å². The molecule has 1 aliphatic rings. The first kappa shape index (κ1) is 43.5. The van der Waals surface area contributed by atoms with Gasteiger partial charge in [-0.3, -0.25) is 9.05 Å². The number of ether oxygens (including phenoxy) is 3. The first-order chi connectivity index (χ1) is 26.0. The normalized spacial score (nSPS) is 21.5. The molecule has 1 saturated heterocycles. The van der Waals surface area contributed by atoms with E-state index in [9.17, 15) is 24.1 Å². The van der Waals surface area contributed by atoms with Crippen LogP contribution in [0.4, 0.5) is 4.39 Å². The molecular weight excluding hydrogens is 718 g/mol. The lowest BCUT2D eigenvalue weighted by Gasteiger charge is -2.26. The molecule has 0 saturated carbocycles. The van der Waals surface area contributed by atoms with Crippen LogP contribution in [0.2, 0.25) is 0 Å². The number of fused-ring (bicyclic) bond motifs is 1. The number of aliphatic hydroxyl groups excluding tert-OH is 2. The molecule has 3 aromatic rings. The van der Waals surface area contributed by atoms with E-state index in [0.717, 1.165) is 25.3 Å². The SMILES string of the molecule is C#C[C@@]1(c2ccc3c(C)ncnn23)O[C@H](COP(=O)(O)OC[C@@H](COCCCCCCCCCCCCCC)OCc2ccc(C#N)cc2F)[C@@H](O)[C@H]1O. The largest absolute Gasteiger partial charge is 0.472 e. The molecule has 15 heteroatoms. The number of benzene rings is 1. The highest BCUT2D eigenvalue weighted by molar-refractivity contribution is 7.47. The molecule has 3 heterocycles. The summed E-state index contributed by atoms with van der Waals surface area (Å²) in [6.45, 7) is 3.10. The molecule has 1 aromatic carbocycles. The van der Waals surface area contributed by atoms with E-state index in [-0.39, 0.29) is 30.0 Å². The highest BCUT2D eigenvalue weighted by Gasteiger charge is 2.56. The summed E-state index contributed by atoms with van der Waals surface area (Å²) in [6.07, 6.45) is 16.2. The molecule has 0 radical (unpaired) electrons. The monoisotopic (exact) mass is 772 g/mol. The Morgan fingerprint density at radius 2 is 1.72 bits per heavy atom. The van der Waals surface area contributed by atoms with E-state index < -0.39 is 56.9 Å². The fourth-order valence-electron chi connectivity index (χ4n) is 6.43. The molecular formula is C39H54FN4O9P. The van der Waals surface area contributed by atoms with Gasteiger partial charge in [-0.2, -0.15) is 10.4 Å². The third kappa shape index (κ3) is 12.1. The van der Waals surface area contributed by atoms with Crippen molar-refractivity contribution >= 4 is 13.3 Å². The minimum absolute atomic E-state index is 0.00837. The van der Waals surface area contributed by atoms with Gasteiger partial charge in [0.2, 0.25) is 0 Å². The van der Waals surface area contributed by atoms with E-state index in [4.69, 9.17) is 34.9 Å². The third-order valence-corrected chi connectivity index (χ3v) is 10.6. The van der Waals surface area contributed by atoms with Crippen LogP contribution in [0.15, 0.2) is 36.7 Å². The quantitative estimate of drug-likeness (QED) is 0.0489. The zero-order valence-corrected chi connectivity index (χ0v) is 32.2. The summed E-state index contributed by atoms with van der Waals surface area (Å²) in [5.41, 5.74) is 0.000195. The van der Waals surface area contributed by atoms with Gasteiger partial charge in [0.25, 0.3) is 0 Å². The van der Waals surface area contributed by atoms with E-state index in [1.54, 1.807) is 19.1 Å². The second kappa shape index (κ2) is 21.7. The van der Waals surface area contributed by atoms with Gasteiger partial charge in [0.15, 0.2) is 5.60 Å². The first-order valence-electron chi connectivity index (χ1n) is 18.9. The number of aromatic nitrogens is 3. The predicted octanol–water partition coefficient (Wildman–Crippen LogP) is 6.43. The van der Waals surface area contributed by atoms with Crippen molar-refractivity contribution in [1.82, 2.24) is 14.6 Å². The van der Waals surface area contributed by atoms with Gasteiger partial charge in [-0.15, -0.1) is 6.42 Å². The number of phosphoric ester groups is 1. The average Bonchev–Trinajstić information content (AvgIpc) is 3.71. The van der Waals surface area contributed by atoms with Gasteiger partial charge in [0, 0.05) is 12.2 Å². The second-order valence-electron chi connectivity index (χ2n) is 13.7. The minimum Gasteiger partial charge on any atom is -0.387 e. The van der Waals surface area contributed by atoms with Crippen LogP contribution in [0.1, 0.15) is 106 Å². The van der Waals surface area contributed by atoms with Crippen LogP contribution in [0.3, 0.4) is 0 Å². The Morgan fingerprint density at radius 1 is 1.04 bits per heavy atom. The van der Waals surface area contributed by atoms with Gasteiger partial charge in [-0.05, 0) is 37.6 Å². The minimum atomic E-state index is -4.79. The van der Waals surface area contributed by atoms with Gasteiger partial charge in [-0.25, -0.2) is 18.5 Å². The van der Waals surface area contributed by atoms with Crippen LogP contribution in [-0.2, 0) is 40.0 Å². The van der Waals surface area contributed by atoms with E-state index >= 15 is 0 Å². The number of aryl methyl sites for hydroxylation is 1. The van der Waals surface area contributed by atoms with Gasteiger partial charge in [0.05, 0.1) is 55.0 Å². The summed E-state index contributed by atoms with van der Waals surface area (Å²) in [5.74, 6) is 1.80. The average molecular weight is 773 g/mol. The Hall–Kier alpha value is -3.27. The van der Waals surface area contributed by atoms with Crippen LogP contribution in [0.5, 0.6) is 0 Å². The van der Waals surface area contributed by atoms with Crippen molar-refractivity contribution in [2.75, 3.05) is 26.4 Å². The highest BCUT2D eigenvalue weighted by atomic mass is 31.2. The number of aliphatic hydroxyl groups is 2. The molecule has 0 aliphatic carbocycles. The summed E-state index contributed by atoms with van der Waals surface area (Å²) in [5, 5.41) is 35.2. The highest BCUT2D eigenvalue weighted by Crippen LogP contribution is 2.46. The summed E-state index contributed by atoms with van der Waals surface area (Å²) in [6, 6.07) is 9.17. The number of unbranched alkanes of at least 4 members (excludes halogenated alkanes) is 11. The van der Waals surface area contributed by atoms with Gasteiger partial charge in [-0.1, -0.05) is 89.5 Å². The Balaban J connectivity index is 1.26. The number of terminal acetylenes is 1. The van der Waals surface area contributed by atoms with E-state index in [0.29, 0.717) is 17.8 Å². The fraction of sp³-hybridized carbons (Fsp3) is 0.615. The lowest BCUT2D eigenvalue weighted by Crippen LogP contribution is -2.41. The van der Waals surface area contributed by atoms with E-state index in [2.05, 4.69) is 22.9 Å². The Kier molecular flexibility index (Phi) is 17.5. The summed E-state index contributed by atoms with van der Waals surface area (Å²) >= 11 is 0. The van der Waals surface area contributed by atoms with Gasteiger partial charge in [0.1, 0.15) is 36.6 Å². The maximum absolute atomic E-state index is 14.6. The summed E-state index contributed by atoms with van der Waals surface area (Å²) in [4.78, 5) is 14.7. The smallest absolute Gasteiger partial charge is 0.387 e. The van der Waals surface area contributed by atoms with Crippen molar-refractivity contribution < 1.29 is 47.3 Å². The zero-order chi connectivity index (χ0) is 39.0. The van der Waals surface area contributed by atoms with E-state index in [1.807, 2.05) is 6.07 Å². The predicted molar refractivity (Wildman–Crippen MR) is 198 cm³/mol. The molecule has 13 nitrogen and oxygen atoms in total. The van der Waals surface area contributed by atoms with Crippen molar-refractivity contribution in [3.8, 4) is 18.4 Å². The Morgan fingerprint density at radius 3 is 2.37 bits per heavy atom. The number of hydrogen-bond donors (Lipinski definition) is 3. The number of rotatable bonds is 25. The van der Waals surface area contributed by atoms with Crippen LogP contribution in [-0.4, -0.2) is 80.5 Å². The first-order valence-corrected chi connectivity index (χ1v) is 20.4. The molecule has 0 spiro atoms. The van der Waals surface area contributed by atoms with Crippen molar-refractivity contribution in [3.63, 3.8) is 0 Å². The molecule has 296 valence electrons. The third-order valence-electron chi connectivity index (χ3n) is 9.63. The maximum atomic E-state index is 14.6. The van der Waals surface area contributed by atoms with E-state index in [1.165, 1.54) is 80.8 Å². The number of halogens is 1. The number of hydrogen-bond acceptors (Lipinski definition) is 11. The van der Waals surface area contributed by atoms with Crippen molar-refractivity contribution in [2.45, 2.75) is 128 Å². The Labute approximate surface area is 317 Å². The molecule has 1 fully saturated rings. The van der Waals surface area contributed by atoms with Gasteiger partial charge < -0.3 is 29.3 Å². The van der Waals surface area contributed by atoms with Crippen LogP contribution >= 0.6 is 7.82 Å². The summed E-state index contributed by atoms with van der Waals surface area (Å²) in [7, 11) is -4.79. The van der Waals surface area contributed by atoms with Crippen LogP contribution in [0.25, 0.3) is 5.52 Å². The lowest BCUT2D eigenvalue weighted by molar-refractivity contribution is -0.0682. The van der Waals surface area contributed by atoms with Crippen molar-refractivity contribution in [1.29, 1.82) is 5.26 Å². The van der Waals surface area contributed by atoms with Crippen LogP contribution < -0.4 is 0 Å². The summed E-state index contributed by atoms with van der Waals surface area (Å²) < 4.78 is 57.0. The van der Waals surface area contributed by atoms with Gasteiger partial charge >= 0.3 is 7.82 Å². The second-order valence-corrected chi connectivity index (χ2v) is 15.2. The molecule has 0 amide bonds. The molecule has 4 rings (SSSR count). The molecule has 54 heavy (non-hydrogen) atoms. The van der Waals surface area contributed by atoms with Crippen LogP contribution in [0, 0.1) is 36.4 Å². The maximum Gasteiger partial charge on any atom is 0.472 e.